The third-order valence-electron chi connectivity index (χ3n) is 3.17. The van der Waals surface area contributed by atoms with E-state index in [-0.39, 0.29) is 0 Å². The summed E-state index contributed by atoms with van der Waals surface area (Å²) in [6, 6.07) is 2.97. The molecular formula is C12H19BrN2S. The first-order valence-electron chi connectivity index (χ1n) is 5.91. The summed E-state index contributed by atoms with van der Waals surface area (Å²) >= 11 is 5.38. The molecule has 0 saturated carbocycles. The average Bonchev–Trinajstić information content (AvgIpc) is 2.67. The molecular weight excluding hydrogens is 284 g/mol. The van der Waals surface area contributed by atoms with Crippen LogP contribution in [0.5, 0.6) is 0 Å². The molecule has 0 bridgehead atoms. The molecule has 2 nitrogen and oxygen atoms in total. The summed E-state index contributed by atoms with van der Waals surface area (Å²) in [6.07, 6.45) is 4.08. The highest BCUT2D eigenvalue weighted by atomic mass is 79.9. The van der Waals surface area contributed by atoms with Gasteiger partial charge in [0.25, 0.3) is 0 Å². The predicted molar refractivity (Wildman–Crippen MR) is 74.0 cm³/mol. The Morgan fingerprint density at radius 1 is 1.56 bits per heavy atom. The zero-order valence-electron chi connectivity index (χ0n) is 9.71. The first-order chi connectivity index (χ1) is 7.79. The molecule has 0 spiro atoms. The largest absolute Gasteiger partial charge is 0.318 e. The number of likely N-dealkylation sites (N-methyl/N-ethyl adjacent to an activating group) is 1. The quantitative estimate of drug-likeness (QED) is 0.919. The van der Waals surface area contributed by atoms with Gasteiger partial charge in [-0.2, -0.15) is 0 Å². The molecule has 1 saturated heterocycles. The molecule has 2 rings (SSSR count). The van der Waals surface area contributed by atoms with Gasteiger partial charge in [0.2, 0.25) is 0 Å². The fraction of sp³-hybridized carbons (Fsp3) is 0.667. The lowest BCUT2D eigenvalue weighted by Crippen LogP contribution is -2.44. The number of thiophene rings is 1. The predicted octanol–water partition coefficient (Wildman–Crippen LogP) is 3.08. The minimum Gasteiger partial charge on any atom is -0.318 e. The van der Waals surface area contributed by atoms with E-state index in [0.717, 1.165) is 19.1 Å². The lowest BCUT2D eigenvalue weighted by atomic mass is 10.0. The molecule has 16 heavy (non-hydrogen) atoms. The molecule has 1 aromatic heterocycles. The van der Waals surface area contributed by atoms with Crippen LogP contribution in [0.25, 0.3) is 0 Å². The molecule has 0 radical (unpaired) electrons. The normalized spacial score (nSPS) is 22.5. The van der Waals surface area contributed by atoms with Gasteiger partial charge in [0.15, 0.2) is 0 Å². The first-order valence-corrected chi connectivity index (χ1v) is 7.58. The fourth-order valence-corrected chi connectivity index (χ4v) is 3.85. The Balaban J connectivity index is 1.95. The monoisotopic (exact) mass is 302 g/mol. The van der Waals surface area contributed by atoms with Gasteiger partial charge in [-0.3, -0.25) is 4.90 Å². The highest BCUT2D eigenvalue weighted by Crippen LogP contribution is 2.24. The molecule has 2 heterocycles. The molecule has 0 aliphatic carbocycles. The lowest BCUT2D eigenvalue weighted by molar-refractivity contribution is 0.140. The second-order valence-electron chi connectivity index (χ2n) is 4.41. The van der Waals surface area contributed by atoms with E-state index < -0.39 is 0 Å². The van der Waals surface area contributed by atoms with Gasteiger partial charge in [-0.05, 0) is 48.4 Å². The summed E-state index contributed by atoms with van der Waals surface area (Å²) in [7, 11) is 2.05. The smallest absolute Gasteiger partial charge is 0.0331 e. The van der Waals surface area contributed by atoms with Crippen LogP contribution >= 0.6 is 27.3 Å². The summed E-state index contributed by atoms with van der Waals surface area (Å²) in [5.74, 6) is 0. The maximum atomic E-state index is 3.52. The SMILES string of the molecule is CNCC1CCCCN1Cc1cc(Br)cs1. The Morgan fingerprint density at radius 3 is 3.12 bits per heavy atom. The number of hydrogen-bond acceptors (Lipinski definition) is 3. The van der Waals surface area contributed by atoms with Crippen molar-refractivity contribution >= 4 is 27.3 Å². The second kappa shape index (κ2) is 6.15. The van der Waals surface area contributed by atoms with Gasteiger partial charge in [0.05, 0.1) is 0 Å². The van der Waals surface area contributed by atoms with E-state index in [9.17, 15) is 0 Å². The first kappa shape index (κ1) is 12.6. The van der Waals surface area contributed by atoms with Gasteiger partial charge in [0, 0.05) is 33.9 Å². The van der Waals surface area contributed by atoms with E-state index in [4.69, 9.17) is 0 Å². The Kier molecular flexibility index (Phi) is 4.82. The molecule has 0 aromatic carbocycles. The van der Waals surface area contributed by atoms with Crippen LogP contribution in [0.3, 0.4) is 0 Å². The van der Waals surface area contributed by atoms with E-state index in [0.29, 0.717) is 0 Å². The van der Waals surface area contributed by atoms with Crippen molar-refractivity contribution in [2.24, 2.45) is 0 Å². The Labute approximate surface area is 110 Å². The molecule has 1 aliphatic rings. The van der Waals surface area contributed by atoms with Crippen molar-refractivity contribution in [2.75, 3.05) is 20.1 Å². The van der Waals surface area contributed by atoms with Crippen molar-refractivity contribution in [3.63, 3.8) is 0 Å². The van der Waals surface area contributed by atoms with Crippen LogP contribution in [0.15, 0.2) is 15.9 Å². The maximum absolute atomic E-state index is 3.52. The van der Waals surface area contributed by atoms with Crippen molar-refractivity contribution < 1.29 is 0 Å². The van der Waals surface area contributed by atoms with Crippen LogP contribution < -0.4 is 5.32 Å². The summed E-state index contributed by atoms with van der Waals surface area (Å²) < 4.78 is 1.22. The second-order valence-corrected chi connectivity index (χ2v) is 6.32. The maximum Gasteiger partial charge on any atom is 0.0331 e. The summed E-state index contributed by atoms with van der Waals surface area (Å²) in [5, 5.41) is 5.48. The topological polar surface area (TPSA) is 15.3 Å². The standard InChI is InChI=1S/C12H19BrN2S/c1-14-7-11-4-2-3-5-15(11)8-12-6-10(13)9-16-12/h6,9,11,14H,2-5,7-8H2,1H3. The Hall–Kier alpha value is 0.1000. The van der Waals surface area contributed by atoms with Gasteiger partial charge in [-0.1, -0.05) is 6.42 Å². The van der Waals surface area contributed by atoms with E-state index in [1.807, 2.05) is 11.3 Å². The molecule has 1 atom stereocenters. The van der Waals surface area contributed by atoms with E-state index >= 15 is 0 Å². The molecule has 1 aromatic rings. The minimum atomic E-state index is 0.722. The van der Waals surface area contributed by atoms with E-state index in [2.05, 4.69) is 44.6 Å². The van der Waals surface area contributed by atoms with E-state index in [1.165, 1.54) is 35.2 Å². The summed E-state index contributed by atoms with van der Waals surface area (Å²) in [6.45, 7) is 3.48. The lowest BCUT2D eigenvalue weighted by Gasteiger charge is -2.35. The third-order valence-corrected chi connectivity index (χ3v) is 4.85. The number of nitrogens with zero attached hydrogens (tertiary/aromatic N) is 1. The molecule has 1 unspecified atom stereocenters. The van der Waals surface area contributed by atoms with Crippen LogP contribution in [0.1, 0.15) is 24.1 Å². The van der Waals surface area contributed by atoms with Crippen LogP contribution in [-0.2, 0) is 6.54 Å². The van der Waals surface area contributed by atoms with E-state index in [1.54, 1.807) is 0 Å². The van der Waals surface area contributed by atoms with Gasteiger partial charge >= 0.3 is 0 Å². The fourth-order valence-electron chi connectivity index (χ4n) is 2.37. The molecule has 90 valence electrons. The molecule has 1 aliphatic heterocycles. The number of nitrogens with one attached hydrogen (secondary N) is 1. The van der Waals surface area contributed by atoms with Crippen molar-refractivity contribution in [2.45, 2.75) is 31.8 Å². The zero-order valence-corrected chi connectivity index (χ0v) is 12.1. The zero-order chi connectivity index (χ0) is 11.4. The van der Waals surface area contributed by atoms with Crippen molar-refractivity contribution in [1.29, 1.82) is 0 Å². The summed E-state index contributed by atoms with van der Waals surface area (Å²) in [5.41, 5.74) is 0. The number of halogens is 1. The Bertz CT molecular complexity index is 325. The highest BCUT2D eigenvalue weighted by molar-refractivity contribution is 9.10. The van der Waals surface area contributed by atoms with Gasteiger partial charge < -0.3 is 5.32 Å². The van der Waals surface area contributed by atoms with Crippen LogP contribution in [0, 0.1) is 0 Å². The number of hydrogen-bond donors (Lipinski definition) is 1. The van der Waals surface area contributed by atoms with Gasteiger partial charge in [0.1, 0.15) is 0 Å². The molecule has 1 fully saturated rings. The van der Waals surface area contributed by atoms with Gasteiger partial charge in [-0.25, -0.2) is 0 Å². The van der Waals surface area contributed by atoms with Crippen molar-refractivity contribution in [3.8, 4) is 0 Å². The van der Waals surface area contributed by atoms with Crippen LogP contribution in [0.4, 0.5) is 0 Å². The van der Waals surface area contributed by atoms with Crippen molar-refractivity contribution in [1.82, 2.24) is 10.2 Å². The average molecular weight is 303 g/mol. The van der Waals surface area contributed by atoms with Crippen LogP contribution in [-0.4, -0.2) is 31.1 Å². The minimum absolute atomic E-state index is 0.722. The van der Waals surface area contributed by atoms with Gasteiger partial charge in [-0.15, -0.1) is 11.3 Å². The number of piperidine rings is 1. The number of likely N-dealkylation sites (tertiary alicyclic amines) is 1. The van der Waals surface area contributed by atoms with Crippen LogP contribution in [0.2, 0.25) is 0 Å². The van der Waals surface area contributed by atoms with Crippen molar-refractivity contribution in [3.05, 3.63) is 20.8 Å². The third kappa shape index (κ3) is 3.29. The molecule has 0 amide bonds. The molecule has 1 N–H and O–H groups in total. The Morgan fingerprint density at radius 2 is 2.44 bits per heavy atom. The number of rotatable bonds is 4. The highest BCUT2D eigenvalue weighted by Gasteiger charge is 2.21. The summed E-state index contributed by atoms with van der Waals surface area (Å²) in [4.78, 5) is 4.09. The molecule has 4 heteroatoms.